The first kappa shape index (κ1) is 30.2. The van der Waals surface area contributed by atoms with Gasteiger partial charge in [-0.25, -0.2) is 23.9 Å². The molecule has 1 amide bonds. The molecule has 1 unspecified atom stereocenters. The Hall–Kier alpha value is -2.80. The maximum atomic E-state index is 13.2. The van der Waals surface area contributed by atoms with Crippen LogP contribution in [0.1, 0.15) is 0 Å². The van der Waals surface area contributed by atoms with E-state index in [1.807, 2.05) is 5.32 Å². The van der Waals surface area contributed by atoms with Gasteiger partial charge in [-0.2, -0.15) is 26.3 Å². The molecule has 192 valence electrons. The van der Waals surface area contributed by atoms with E-state index in [1.165, 1.54) is 0 Å². The number of carbonyl (C=O) groups is 3. The van der Waals surface area contributed by atoms with Crippen LogP contribution < -0.4 is 5.32 Å². The van der Waals surface area contributed by atoms with Gasteiger partial charge in [0.15, 0.2) is 0 Å². The number of amides is 1. The summed E-state index contributed by atoms with van der Waals surface area (Å²) in [7, 11) is 0. The Kier molecular flexibility index (Phi) is 10.9. The molecule has 0 aromatic carbocycles. The smallest absolute Gasteiger partial charge is 0.461 e. The molecule has 0 saturated carbocycles. The number of halogens is 9. The molecule has 0 aliphatic rings. The Balaban J connectivity index is 4.55. The zero-order chi connectivity index (χ0) is 26.1. The zero-order valence-electron chi connectivity index (χ0n) is 15.8. The number of hydrogen-bond donors (Lipinski definition) is 2. The van der Waals surface area contributed by atoms with Gasteiger partial charge in [0.2, 0.25) is 0 Å². The molecule has 1 atom stereocenters. The van der Waals surface area contributed by atoms with Crippen molar-refractivity contribution in [3.63, 3.8) is 0 Å². The van der Waals surface area contributed by atoms with Crippen molar-refractivity contribution >= 4 is 18.0 Å². The standard InChI is InChI=1S/C14H14F9NO9/c1-2-8(26)29-4-3-24-10(28)31-6-7(25)5-30-9(27)11(15,16)32-12(17,18)13(19,20)33-14(21,22)23/h2,7,25H,1,3-6H2,(H,24,28). The van der Waals surface area contributed by atoms with Crippen LogP contribution >= 0.6 is 0 Å². The molecule has 0 fully saturated rings. The van der Waals surface area contributed by atoms with Crippen LogP contribution in [-0.4, -0.2) is 80.3 Å². The quantitative estimate of drug-likeness (QED) is 0.125. The molecule has 33 heavy (non-hydrogen) atoms. The van der Waals surface area contributed by atoms with Crippen molar-refractivity contribution in [2.24, 2.45) is 0 Å². The number of rotatable bonds is 13. The van der Waals surface area contributed by atoms with E-state index >= 15 is 0 Å². The fourth-order valence-corrected chi connectivity index (χ4v) is 1.36. The molecule has 0 aromatic rings. The third-order valence-electron chi connectivity index (χ3n) is 2.67. The minimum absolute atomic E-state index is 0.274. The average molecular weight is 511 g/mol. The van der Waals surface area contributed by atoms with Crippen LogP contribution in [0, 0.1) is 0 Å². The molecule has 19 heteroatoms. The third-order valence-corrected chi connectivity index (χ3v) is 2.67. The molecule has 0 bridgehead atoms. The van der Waals surface area contributed by atoms with E-state index in [9.17, 15) is 59.0 Å². The fraction of sp³-hybridized carbons (Fsp3) is 0.643. The van der Waals surface area contributed by atoms with Gasteiger partial charge in [-0.3, -0.25) is 0 Å². The van der Waals surface area contributed by atoms with Gasteiger partial charge in [0, 0.05) is 6.08 Å². The van der Waals surface area contributed by atoms with Crippen LogP contribution in [0.4, 0.5) is 44.3 Å². The number of carbonyl (C=O) groups excluding carboxylic acids is 3. The van der Waals surface area contributed by atoms with Crippen molar-refractivity contribution in [1.82, 2.24) is 5.32 Å². The first-order valence-corrected chi connectivity index (χ1v) is 7.98. The molecule has 0 rings (SSSR count). The highest BCUT2D eigenvalue weighted by molar-refractivity contribution is 5.81. The maximum absolute atomic E-state index is 13.2. The molecule has 2 N–H and O–H groups in total. The lowest BCUT2D eigenvalue weighted by molar-refractivity contribution is -0.524. The SMILES string of the molecule is C=CC(=O)OCCNC(=O)OCC(O)COC(=O)C(F)(F)OC(F)(F)C(F)(F)OC(F)(F)F. The van der Waals surface area contributed by atoms with Crippen molar-refractivity contribution in [2.45, 2.75) is 30.8 Å². The summed E-state index contributed by atoms with van der Waals surface area (Å²) in [4.78, 5) is 32.9. The first-order chi connectivity index (χ1) is 14.8. The van der Waals surface area contributed by atoms with E-state index in [2.05, 4.69) is 25.5 Å². The largest absolute Gasteiger partial charge is 0.527 e. The molecular formula is C14H14F9NO9. The van der Waals surface area contributed by atoms with Gasteiger partial charge in [-0.1, -0.05) is 6.58 Å². The number of esters is 2. The average Bonchev–Trinajstić information content (AvgIpc) is 2.64. The monoisotopic (exact) mass is 511 g/mol. The molecule has 0 aliphatic heterocycles. The van der Waals surface area contributed by atoms with Gasteiger partial charge in [0.1, 0.15) is 25.9 Å². The van der Waals surface area contributed by atoms with Gasteiger partial charge in [-0.05, 0) is 0 Å². The lowest BCUT2D eigenvalue weighted by Crippen LogP contribution is -2.53. The van der Waals surface area contributed by atoms with E-state index in [4.69, 9.17) is 0 Å². The molecule has 0 aromatic heterocycles. The number of ether oxygens (including phenoxy) is 5. The van der Waals surface area contributed by atoms with Gasteiger partial charge >= 0.3 is 42.7 Å². The summed E-state index contributed by atoms with van der Waals surface area (Å²) in [5.74, 6) is -3.92. The van der Waals surface area contributed by atoms with Crippen molar-refractivity contribution in [3.05, 3.63) is 12.7 Å². The topological polar surface area (TPSA) is 130 Å². The van der Waals surface area contributed by atoms with E-state index in [0.29, 0.717) is 0 Å². The Morgan fingerprint density at radius 2 is 1.39 bits per heavy atom. The second kappa shape index (κ2) is 11.9. The fourth-order valence-electron chi connectivity index (χ4n) is 1.36. The molecule has 0 aliphatic carbocycles. The Morgan fingerprint density at radius 3 is 1.91 bits per heavy atom. The van der Waals surface area contributed by atoms with E-state index < -0.39 is 62.0 Å². The number of alkyl carbamates (subject to hydrolysis) is 1. The van der Waals surface area contributed by atoms with Gasteiger partial charge in [-0.15, -0.1) is 13.2 Å². The predicted octanol–water partition coefficient (Wildman–Crippen LogP) is 1.68. The van der Waals surface area contributed by atoms with E-state index in [1.54, 1.807) is 4.74 Å². The van der Waals surface area contributed by atoms with Crippen LogP contribution in [0.15, 0.2) is 12.7 Å². The van der Waals surface area contributed by atoms with Crippen LogP contribution in [0.25, 0.3) is 0 Å². The Labute approximate surface area is 177 Å². The molecule has 0 heterocycles. The lowest BCUT2D eigenvalue weighted by Gasteiger charge is -2.28. The highest BCUT2D eigenvalue weighted by atomic mass is 19.4. The normalized spacial score (nSPS) is 13.6. The van der Waals surface area contributed by atoms with E-state index in [0.717, 1.165) is 6.08 Å². The van der Waals surface area contributed by atoms with Crippen LogP contribution in [0.3, 0.4) is 0 Å². The second-order valence-corrected chi connectivity index (χ2v) is 5.35. The Morgan fingerprint density at radius 1 is 0.879 bits per heavy atom. The number of aliphatic hydroxyl groups excluding tert-OH is 1. The predicted molar refractivity (Wildman–Crippen MR) is 80.5 cm³/mol. The number of aliphatic hydroxyl groups is 1. The number of alkyl halides is 9. The number of hydrogen-bond acceptors (Lipinski definition) is 9. The minimum Gasteiger partial charge on any atom is -0.461 e. The summed E-state index contributed by atoms with van der Waals surface area (Å²) in [5.41, 5.74) is 0. The van der Waals surface area contributed by atoms with Crippen LogP contribution in [-0.2, 0) is 33.3 Å². The highest BCUT2D eigenvalue weighted by Gasteiger charge is 2.69. The summed E-state index contributed by atoms with van der Waals surface area (Å²) in [5, 5.41) is 11.3. The highest BCUT2D eigenvalue weighted by Crippen LogP contribution is 2.43. The van der Waals surface area contributed by atoms with Crippen molar-refractivity contribution in [2.75, 3.05) is 26.4 Å². The first-order valence-electron chi connectivity index (χ1n) is 7.98. The zero-order valence-corrected chi connectivity index (χ0v) is 15.8. The van der Waals surface area contributed by atoms with Crippen LogP contribution in [0.5, 0.6) is 0 Å². The third kappa shape index (κ3) is 11.6. The molecule has 0 saturated heterocycles. The van der Waals surface area contributed by atoms with Crippen molar-refractivity contribution in [3.8, 4) is 0 Å². The Bertz CT molecular complexity index is 700. The molecule has 0 spiro atoms. The molecule has 0 radical (unpaired) electrons. The van der Waals surface area contributed by atoms with E-state index in [-0.39, 0.29) is 13.2 Å². The summed E-state index contributed by atoms with van der Waals surface area (Å²) >= 11 is 0. The minimum atomic E-state index is -6.67. The summed E-state index contributed by atoms with van der Waals surface area (Å²) < 4.78 is 129. The second-order valence-electron chi connectivity index (χ2n) is 5.35. The molecular weight excluding hydrogens is 497 g/mol. The van der Waals surface area contributed by atoms with Crippen molar-refractivity contribution < 1.29 is 82.7 Å². The van der Waals surface area contributed by atoms with Gasteiger partial charge in [0.05, 0.1) is 6.54 Å². The summed E-state index contributed by atoms with van der Waals surface area (Å²) in [6.45, 7) is -0.0185. The van der Waals surface area contributed by atoms with Crippen molar-refractivity contribution in [1.29, 1.82) is 0 Å². The van der Waals surface area contributed by atoms with Crippen LogP contribution in [0.2, 0.25) is 0 Å². The maximum Gasteiger partial charge on any atom is 0.527 e. The molecule has 10 nitrogen and oxygen atoms in total. The van der Waals surface area contributed by atoms with Gasteiger partial charge in [0.25, 0.3) is 0 Å². The lowest BCUT2D eigenvalue weighted by atomic mass is 10.4. The summed E-state index contributed by atoms with van der Waals surface area (Å²) in [6, 6.07) is 0. The summed E-state index contributed by atoms with van der Waals surface area (Å²) in [6.07, 6.45) is -28.1. The number of nitrogens with one attached hydrogen (secondary N) is 1. The van der Waals surface area contributed by atoms with Gasteiger partial charge < -0.3 is 24.6 Å².